The highest BCUT2D eigenvalue weighted by Gasteiger charge is 2.36. The van der Waals surface area contributed by atoms with Crippen molar-refractivity contribution < 1.29 is 19.2 Å². The minimum absolute atomic E-state index is 0.120. The van der Waals surface area contributed by atoms with Gasteiger partial charge in [-0.1, -0.05) is 19.1 Å². The first-order valence-electron chi connectivity index (χ1n) is 7.89. The van der Waals surface area contributed by atoms with Crippen molar-refractivity contribution in [3.8, 4) is 0 Å². The Hall–Kier alpha value is -3.28. The van der Waals surface area contributed by atoms with E-state index in [0.29, 0.717) is 28.8 Å². The fraction of sp³-hybridized carbons (Fsp3) is 0.158. The number of Topliss-reactive ketones (excluding diaryl/α,β-unsaturated/α-hetero) is 1. The summed E-state index contributed by atoms with van der Waals surface area (Å²) in [5, 5.41) is 2.69. The van der Waals surface area contributed by atoms with Gasteiger partial charge in [-0.25, -0.2) is 0 Å². The zero-order valence-corrected chi connectivity index (χ0v) is 13.6. The monoisotopic (exact) mass is 336 g/mol. The van der Waals surface area contributed by atoms with Crippen LogP contribution in [0.2, 0.25) is 0 Å². The molecular weight excluding hydrogens is 320 g/mol. The Morgan fingerprint density at radius 1 is 0.920 bits per heavy atom. The Labute approximate surface area is 144 Å². The van der Waals surface area contributed by atoms with E-state index in [1.165, 1.54) is 0 Å². The number of nitrogens with one attached hydrogen (secondary N) is 1. The zero-order chi connectivity index (χ0) is 18.0. The summed E-state index contributed by atoms with van der Waals surface area (Å²) in [6.45, 7) is 1.43. The van der Waals surface area contributed by atoms with E-state index >= 15 is 0 Å². The largest absolute Gasteiger partial charge is 0.326 e. The highest BCUT2D eigenvalue weighted by Crippen LogP contribution is 2.22. The Bertz CT molecular complexity index is 836. The van der Waals surface area contributed by atoms with Crippen LogP contribution < -0.4 is 5.32 Å². The molecule has 1 aliphatic heterocycles. The highest BCUT2D eigenvalue weighted by atomic mass is 16.2. The molecule has 25 heavy (non-hydrogen) atoms. The van der Waals surface area contributed by atoms with Crippen molar-refractivity contribution in [1.82, 2.24) is 4.90 Å². The quantitative estimate of drug-likeness (QED) is 0.672. The Balaban J connectivity index is 1.72. The normalized spacial score (nSPS) is 12.9. The van der Waals surface area contributed by atoms with Crippen molar-refractivity contribution in [2.45, 2.75) is 13.3 Å². The van der Waals surface area contributed by atoms with Crippen molar-refractivity contribution >= 4 is 29.2 Å². The highest BCUT2D eigenvalue weighted by molar-refractivity contribution is 6.23. The molecule has 6 heteroatoms. The summed E-state index contributed by atoms with van der Waals surface area (Å²) >= 11 is 0. The summed E-state index contributed by atoms with van der Waals surface area (Å²) in [5.41, 5.74) is 1.59. The number of imide groups is 1. The van der Waals surface area contributed by atoms with Crippen LogP contribution in [0, 0.1) is 0 Å². The summed E-state index contributed by atoms with van der Waals surface area (Å²) in [6.07, 6.45) is 0.362. The summed E-state index contributed by atoms with van der Waals surface area (Å²) in [4.78, 5) is 49.3. The number of benzene rings is 2. The third-order valence-corrected chi connectivity index (χ3v) is 3.99. The fourth-order valence-electron chi connectivity index (χ4n) is 2.61. The third kappa shape index (κ3) is 3.19. The second kappa shape index (κ2) is 6.68. The van der Waals surface area contributed by atoms with Crippen molar-refractivity contribution in [3.05, 3.63) is 65.2 Å². The molecule has 1 N–H and O–H groups in total. The van der Waals surface area contributed by atoms with Gasteiger partial charge in [-0.3, -0.25) is 24.1 Å². The lowest BCUT2D eigenvalue weighted by Gasteiger charge is -2.13. The maximum absolute atomic E-state index is 12.4. The van der Waals surface area contributed by atoms with Crippen LogP contribution in [0.3, 0.4) is 0 Å². The molecule has 1 aliphatic rings. The second-order valence-electron chi connectivity index (χ2n) is 5.64. The fourth-order valence-corrected chi connectivity index (χ4v) is 2.61. The van der Waals surface area contributed by atoms with Gasteiger partial charge in [0.1, 0.15) is 0 Å². The standard InChI is InChI=1S/C19H16N2O4/c1-2-17(23)20-13-9-7-12(8-10-13)16(22)11-21-18(24)14-5-3-4-6-15(14)19(21)25/h3-10H,2,11H2,1H3,(H,20,23). The molecule has 6 nitrogen and oxygen atoms in total. The number of hydrogen-bond donors (Lipinski definition) is 1. The first-order valence-corrected chi connectivity index (χ1v) is 7.89. The molecule has 0 saturated heterocycles. The smallest absolute Gasteiger partial charge is 0.261 e. The van der Waals surface area contributed by atoms with Gasteiger partial charge < -0.3 is 5.32 Å². The Kier molecular flexibility index (Phi) is 4.43. The van der Waals surface area contributed by atoms with E-state index in [0.717, 1.165) is 4.90 Å². The molecule has 0 unspecified atom stereocenters. The molecule has 2 aromatic rings. The molecule has 0 aliphatic carbocycles. The van der Waals surface area contributed by atoms with E-state index in [9.17, 15) is 19.2 Å². The molecule has 1 heterocycles. The van der Waals surface area contributed by atoms with Gasteiger partial charge in [0.15, 0.2) is 5.78 Å². The van der Waals surface area contributed by atoms with Gasteiger partial charge in [-0.05, 0) is 36.4 Å². The molecular formula is C19H16N2O4. The topological polar surface area (TPSA) is 83.6 Å². The number of hydrogen-bond acceptors (Lipinski definition) is 4. The van der Waals surface area contributed by atoms with Gasteiger partial charge in [-0.15, -0.1) is 0 Å². The van der Waals surface area contributed by atoms with Crippen LogP contribution in [-0.2, 0) is 4.79 Å². The molecule has 0 radical (unpaired) electrons. The minimum atomic E-state index is -0.458. The number of anilines is 1. The van der Waals surface area contributed by atoms with Crippen LogP contribution in [-0.4, -0.2) is 34.9 Å². The predicted molar refractivity (Wildman–Crippen MR) is 91.5 cm³/mol. The summed E-state index contributed by atoms with van der Waals surface area (Å²) < 4.78 is 0. The summed E-state index contributed by atoms with van der Waals surface area (Å²) in [6, 6.07) is 12.9. The van der Waals surface area contributed by atoms with Gasteiger partial charge in [0.2, 0.25) is 5.91 Å². The molecule has 0 saturated carbocycles. The van der Waals surface area contributed by atoms with E-state index in [2.05, 4.69) is 5.32 Å². The average molecular weight is 336 g/mol. The first-order chi connectivity index (χ1) is 12.0. The van der Waals surface area contributed by atoms with Crippen LogP contribution >= 0.6 is 0 Å². The maximum Gasteiger partial charge on any atom is 0.261 e. The molecule has 0 aromatic heterocycles. The molecule has 0 atom stereocenters. The maximum atomic E-state index is 12.4. The van der Waals surface area contributed by atoms with E-state index in [4.69, 9.17) is 0 Å². The van der Waals surface area contributed by atoms with E-state index < -0.39 is 11.8 Å². The molecule has 3 amide bonds. The number of carbonyl (C=O) groups excluding carboxylic acids is 4. The van der Waals surface area contributed by atoms with Crippen molar-refractivity contribution in [2.75, 3.05) is 11.9 Å². The lowest BCUT2D eigenvalue weighted by Crippen LogP contribution is -2.34. The number of rotatable bonds is 5. The van der Waals surface area contributed by atoms with Gasteiger partial charge in [-0.2, -0.15) is 0 Å². The van der Waals surface area contributed by atoms with Crippen LogP contribution in [0.5, 0.6) is 0 Å². The lowest BCUT2D eigenvalue weighted by atomic mass is 10.1. The van der Waals surface area contributed by atoms with Crippen LogP contribution in [0.1, 0.15) is 44.4 Å². The molecule has 126 valence electrons. The van der Waals surface area contributed by atoms with E-state index in [-0.39, 0.29) is 18.2 Å². The van der Waals surface area contributed by atoms with Gasteiger partial charge >= 0.3 is 0 Å². The number of nitrogens with zero attached hydrogens (tertiary/aromatic N) is 1. The molecule has 2 aromatic carbocycles. The number of ketones is 1. The average Bonchev–Trinajstić information content (AvgIpc) is 2.87. The first kappa shape index (κ1) is 16.6. The molecule has 3 rings (SSSR count). The number of carbonyl (C=O) groups is 4. The SMILES string of the molecule is CCC(=O)Nc1ccc(C(=O)CN2C(=O)c3ccccc3C2=O)cc1. The van der Waals surface area contributed by atoms with Crippen LogP contribution in [0.25, 0.3) is 0 Å². The number of amides is 3. The van der Waals surface area contributed by atoms with Crippen LogP contribution in [0.15, 0.2) is 48.5 Å². The van der Waals surface area contributed by atoms with Crippen molar-refractivity contribution in [2.24, 2.45) is 0 Å². The van der Waals surface area contributed by atoms with Crippen LogP contribution in [0.4, 0.5) is 5.69 Å². The molecule has 0 bridgehead atoms. The summed E-state index contributed by atoms with van der Waals surface area (Å²) in [5.74, 6) is -1.38. The zero-order valence-electron chi connectivity index (χ0n) is 13.6. The van der Waals surface area contributed by atoms with Crippen molar-refractivity contribution in [1.29, 1.82) is 0 Å². The molecule has 0 spiro atoms. The van der Waals surface area contributed by atoms with E-state index in [1.54, 1.807) is 55.5 Å². The van der Waals surface area contributed by atoms with E-state index in [1.807, 2.05) is 0 Å². The summed E-state index contributed by atoms with van der Waals surface area (Å²) in [7, 11) is 0. The molecule has 0 fully saturated rings. The number of fused-ring (bicyclic) bond motifs is 1. The predicted octanol–water partition coefficient (Wildman–Crippen LogP) is 2.51. The lowest BCUT2D eigenvalue weighted by molar-refractivity contribution is -0.115. The minimum Gasteiger partial charge on any atom is -0.326 e. The van der Waals surface area contributed by atoms with Gasteiger partial charge in [0.25, 0.3) is 11.8 Å². The Morgan fingerprint density at radius 3 is 2.00 bits per heavy atom. The van der Waals surface area contributed by atoms with Gasteiger partial charge in [0, 0.05) is 17.7 Å². The van der Waals surface area contributed by atoms with Crippen molar-refractivity contribution in [3.63, 3.8) is 0 Å². The van der Waals surface area contributed by atoms with Gasteiger partial charge in [0.05, 0.1) is 17.7 Å². The third-order valence-electron chi connectivity index (χ3n) is 3.99. The second-order valence-corrected chi connectivity index (χ2v) is 5.64. The Morgan fingerprint density at radius 2 is 1.48 bits per heavy atom.